The number of nitrogens with two attached hydrogens (primary N) is 1. The van der Waals surface area contributed by atoms with Crippen molar-refractivity contribution in [1.82, 2.24) is 0 Å². The smallest absolute Gasteiger partial charge is 0.131 e. The second-order valence-electron chi connectivity index (χ2n) is 4.74. The molecule has 1 aromatic rings. The highest BCUT2D eigenvalue weighted by molar-refractivity contribution is 5.52. The van der Waals surface area contributed by atoms with Crippen molar-refractivity contribution in [1.29, 1.82) is 0 Å². The Balaban J connectivity index is 2.35. The highest BCUT2D eigenvalue weighted by Crippen LogP contribution is 2.41. The van der Waals surface area contributed by atoms with E-state index in [4.69, 9.17) is 19.9 Å². The molecule has 1 aliphatic heterocycles. The molecule has 0 unspecified atom stereocenters. The molecule has 1 fully saturated rings. The number of hydrogen-bond donors (Lipinski definition) is 2. The van der Waals surface area contributed by atoms with Crippen LogP contribution in [0.2, 0.25) is 0 Å². The molecule has 1 aromatic carbocycles. The summed E-state index contributed by atoms with van der Waals surface area (Å²) in [4.78, 5) is 0. The van der Waals surface area contributed by atoms with E-state index < -0.39 is 0 Å². The quantitative estimate of drug-likeness (QED) is 0.870. The van der Waals surface area contributed by atoms with E-state index in [9.17, 15) is 5.11 Å². The molecule has 0 bridgehead atoms. The number of benzene rings is 1. The molecular formula is C14H21NO4. The highest BCUT2D eigenvalue weighted by Gasteiger charge is 2.27. The van der Waals surface area contributed by atoms with E-state index in [1.165, 1.54) is 0 Å². The van der Waals surface area contributed by atoms with Crippen LogP contribution in [0, 0.1) is 5.92 Å². The van der Waals surface area contributed by atoms with Crippen molar-refractivity contribution in [3.05, 3.63) is 17.7 Å². The van der Waals surface area contributed by atoms with Crippen LogP contribution in [0.1, 0.15) is 24.4 Å². The van der Waals surface area contributed by atoms with E-state index in [1.54, 1.807) is 26.4 Å². The zero-order valence-corrected chi connectivity index (χ0v) is 11.4. The van der Waals surface area contributed by atoms with Crippen molar-refractivity contribution < 1.29 is 19.3 Å². The van der Waals surface area contributed by atoms with Crippen LogP contribution in [0.5, 0.6) is 17.2 Å². The summed E-state index contributed by atoms with van der Waals surface area (Å²) in [5.74, 6) is 1.57. The maximum Gasteiger partial charge on any atom is 0.131 e. The average molecular weight is 267 g/mol. The molecule has 0 aliphatic carbocycles. The van der Waals surface area contributed by atoms with E-state index in [1.807, 2.05) is 0 Å². The van der Waals surface area contributed by atoms with Crippen LogP contribution in [0.15, 0.2) is 12.1 Å². The van der Waals surface area contributed by atoms with Gasteiger partial charge in [0.25, 0.3) is 0 Å². The van der Waals surface area contributed by atoms with Crippen LogP contribution in [0.4, 0.5) is 0 Å². The molecule has 1 saturated heterocycles. The molecule has 19 heavy (non-hydrogen) atoms. The summed E-state index contributed by atoms with van der Waals surface area (Å²) in [6, 6.07) is 2.95. The summed E-state index contributed by atoms with van der Waals surface area (Å²) >= 11 is 0. The number of phenols is 1. The average Bonchev–Trinajstić information content (AvgIpc) is 2.46. The molecule has 1 heterocycles. The summed E-state index contributed by atoms with van der Waals surface area (Å²) in [7, 11) is 3.13. The number of methoxy groups -OCH3 is 2. The van der Waals surface area contributed by atoms with Crippen molar-refractivity contribution in [3.8, 4) is 17.2 Å². The lowest BCUT2D eigenvalue weighted by Gasteiger charge is -2.29. The Labute approximate surface area is 113 Å². The maximum absolute atomic E-state index is 9.65. The third-order valence-electron chi connectivity index (χ3n) is 3.64. The second kappa shape index (κ2) is 6.12. The summed E-state index contributed by atoms with van der Waals surface area (Å²) in [5, 5.41) is 9.65. The molecule has 0 aromatic heterocycles. The van der Waals surface area contributed by atoms with E-state index in [2.05, 4.69) is 0 Å². The number of phenolic OH excluding ortho intramolecular Hbond substituents is 1. The largest absolute Gasteiger partial charge is 0.508 e. The van der Waals surface area contributed by atoms with Gasteiger partial charge < -0.3 is 25.1 Å². The minimum absolute atomic E-state index is 0.108. The third-order valence-corrected chi connectivity index (χ3v) is 3.64. The lowest BCUT2D eigenvalue weighted by Crippen LogP contribution is -2.28. The van der Waals surface area contributed by atoms with Gasteiger partial charge in [-0.15, -0.1) is 0 Å². The molecule has 5 nitrogen and oxygen atoms in total. The van der Waals surface area contributed by atoms with Crippen LogP contribution in [0.25, 0.3) is 0 Å². The van der Waals surface area contributed by atoms with Gasteiger partial charge in [0, 0.05) is 31.4 Å². The molecule has 0 saturated carbocycles. The minimum Gasteiger partial charge on any atom is -0.508 e. The van der Waals surface area contributed by atoms with Gasteiger partial charge >= 0.3 is 0 Å². The Morgan fingerprint density at radius 2 is 1.74 bits per heavy atom. The van der Waals surface area contributed by atoms with Gasteiger partial charge in [0.1, 0.15) is 17.2 Å². The van der Waals surface area contributed by atoms with Gasteiger partial charge in [-0.25, -0.2) is 0 Å². The molecule has 5 heteroatoms. The van der Waals surface area contributed by atoms with Gasteiger partial charge in [0.2, 0.25) is 0 Å². The Morgan fingerprint density at radius 3 is 2.21 bits per heavy atom. The fourth-order valence-corrected chi connectivity index (χ4v) is 2.56. The second-order valence-corrected chi connectivity index (χ2v) is 4.74. The van der Waals surface area contributed by atoms with Crippen molar-refractivity contribution in [2.24, 2.45) is 11.7 Å². The van der Waals surface area contributed by atoms with E-state index in [0.717, 1.165) is 31.6 Å². The summed E-state index contributed by atoms with van der Waals surface area (Å²) in [5.41, 5.74) is 7.19. The van der Waals surface area contributed by atoms with Crippen molar-refractivity contribution >= 4 is 0 Å². The van der Waals surface area contributed by atoms with Gasteiger partial charge in [-0.05, 0) is 18.8 Å². The zero-order valence-electron chi connectivity index (χ0n) is 11.4. The number of aromatic hydroxyl groups is 1. The minimum atomic E-state index is -0.186. The van der Waals surface area contributed by atoms with Crippen LogP contribution in [0.3, 0.4) is 0 Å². The first-order chi connectivity index (χ1) is 9.17. The predicted octanol–water partition coefficient (Wildman–Crippen LogP) is 1.84. The lowest BCUT2D eigenvalue weighted by molar-refractivity contribution is 0.0578. The summed E-state index contributed by atoms with van der Waals surface area (Å²) < 4.78 is 16.0. The van der Waals surface area contributed by atoms with E-state index >= 15 is 0 Å². The summed E-state index contributed by atoms with van der Waals surface area (Å²) in [6.45, 7) is 1.47. The Bertz CT molecular complexity index is 404. The molecule has 106 valence electrons. The van der Waals surface area contributed by atoms with Crippen LogP contribution < -0.4 is 15.2 Å². The van der Waals surface area contributed by atoms with Crippen LogP contribution >= 0.6 is 0 Å². The number of hydrogen-bond acceptors (Lipinski definition) is 5. The van der Waals surface area contributed by atoms with Gasteiger partial charge in [0.05, 0.1) is 19.8 Å². The van der Waals surface area contributed by atoms with Crippen LogP contribution in [-0.2, 0) is 4.74 Å². The molecule has 0 spiro atoms. The van der Waals surface area contributed by atoms with E-state index in [0.29, 0.717) is 17.4 Å². The molecule has 0 amide bonds. The van der Waals surface area contributed by atoms with Gasteiger partial charge in [-0.2, -0.15) is 0 Å². The first-order valence-corrected chi connectivity index (χ1v) is 6.45. The first kappa shape index (κ1) is 14.0. The predicted molar refractivity (Wildman–Crippen MR) is 71.7 cm³/mol. The SMILES string of the molecule is COc1cc(O)cc(OC)c1[C@@H](N)C1CCOCC1. The zero-order chi connectivity index (χ0) is 13.8. The fourth-order valence-electron chi connectivity index (χ4n) is 2.56. The monoisotopic (exact) mass is 267 g/mol. The standard InChI is InChI=1S/C14H21NO4/c1-17-11-7-10(16)8-12(18-2)13(11)14(15)9-3-5-19-6-4-9/h7-9,14,16H,3-6,15H2,1-2H3/t14-/m0/s1. The van der Waals surface area contributed by atoms with Gasteiger partial charge in [0.15, 0.2) is 0 Å². The van der Waals surface area contributed by atoms with Gasteiger partial charge in [-0.1, -0.05) is 0 Å². The Kier molecular flexibility index (Phi) is 4.50. The molecule has 1 aliphatic rings. The van der Waals surface area contributed by atoms with Crippen molar-refractivity contribution in [2.75, 3.05) is 27.4 Å². The Morgan fingerprint density at radius 1 is 1.21 bits per heavy atom. The molecule has 1 atom stereocenters. The molecule has 0 radical (unpaired) electrons. The highest BCUT2D eigenvalue weighted by atomic mass is 16.5. The molecular weight excluding hydrogens is 246 g/mol. The van der Waals surface area contributed by atoms with Crippen molar-refractivity contribution in [2.45, 2.75) is 18.9 Å². The normalized spacial score (nSPS) is 18.1. The first-order valence-electron chi connectivity index (χ1n) is 6.45. The van der Waals surface area contributed by atoms with Crippen LogP contribution in [-0.4, -0.2) is 32.5 Å². The number of ether oxygens (including phenoxy) is 3. The molecule has 2 rings (SSSR count). The lowest BCUT2D eigenvalue weighted by atomic mass is 9.87. The number of rotatable bonds is 4. The maximum atomic E-state index is 9.65. The van der Waals surface area contributed by atoms with E-state index in [-0.39, 0.29) is 11.8 Å². The van der Waals surface area contributed by atoms with Crippen molar-refractivity contribution in [3.63, 3.8) is 0 Å². The fraction of sp³-hybridized carbons (Fsp3) is 0.571. The third kappa shape index (κ3) is 2.93. The van der Waals surface area contributed by atoms with Gasteiger partial charge in [-0.3, -0.25) is 0 Å². The summed E-state index contributed by atoms with van der Waals surface area (Å²) in [6.07, 6.45) is 1.85. The Hall–Kier alpha value is -1.46. The topological polar surface area (TPSA) is 73.9 Å². The molecule has 3 N–H and O–H groups in total.